The molecular formula is C23H25NO4. The molecule has 2 aromatic carbocycles. The highest BCUT2D eigenvalue weighted by molar-refractivity contribution is 6.14. The fourth-order valence-electron chi connectivity index (χ4n) is 3.59. The minimum absolute atomic E-state index is 0.131. The molecule has 1 aliphatic rings. The molecule has 1 amide bonds. The van der Waals surface area contributed by atoms with E-state index in [1.54, 1.807) is 48.5 Å². The van der Waals surface area contributed by atoms with Gasteiger partial charge in [-0.1, -0.05) is 68.3 Å². The molecule has 3 rings (SSSR count). The molecular weight excluding hydrogens is 354 g/mol. The Labute approximate surface area is 165 Å². The lowest BCUT2D eigenvalue weighted by molar-refractivity contribution is -0.125. The number of nitrogens with one attached hydrogen (secondary N) is 1. The van der Waals surface area contributed by atoms with E-state index >= 15 is 0 Å². The predicted molar refractivity (Wildman–Crippen MR) is 106 cm³/mol. The Hall–Kier alpha value is -2.95. The fourth-order valence-corrected chi connectivity index (χ4v) is 3.59. The van der Waals surface area contributed by atoms with Gasteiger partial charge in [-0.2, -0.15) is 0 Å². The fraction of sp³-hybridized carbons (Fsp3) is 0.348. The van der Waals surface area contributed by atoms with E-state index in [0.717, 1.165) is 19.3 Å². The summed E-state index contributed by atoms with van der Waals surface area (Å²) in [7, 11) is 0. The van der Waals surface area contributed by atoms with Crippen molar-refractivity contribution in [1.29, 1.82) is 0 Å². The summed E-state index contributed by atoms with van der Waals surface area (Å²) in [6.45, 7) is 1.78. The summed E-state index contributed by atoms with van der Waals surface area (Å²) in [5.41, 5.74) is 0.918. The monoisotopic (exact) mass is 379 g/mol. The average Bonchev–Trinajstić information content (AvgIpc) is 2.74. The molecule has 2 aromatic rings. The number of rotatable bonds is 6. The minimum atomic E-state index is -0.674. The molecule has 1 N–H and O–H groups in total. The van der Waals surface area contributed by atoms with Crippen LogP contribution in [0.1, 0.15) is 58.9 Å². The molecule has 0 bridgehead atoms. The van der Waals surface area contributed by atoms with Gasteiger partial charge in [-0.3, -0.25) is 9.59 Å². The van der Waals surface area contributed by atoms with Gasteiger partial charge in [-0.05, 0) is 24.8 Å². The number of ether oxygens (including phenoxy) is 1. The Kier molecular flexibility index (Phi) is 6.58. The first-order valence-electron chi connectivity index (χ1n) is 9.71. The maximum absolute atomic E-state index is 12.7. The number of benzene rings is 2. The number of hydrogen-bond acceptors (Lipinski definition) is 4. The van der Waals surface area contributed by atoms with Crippen molar-refractivity contribution in [2.24, 2.45) is 5.92 Å². The number of carbonyl (C=O) groups is 3. The van der Waals surface area contributed by atoms with Gasteiger partial charge in [-0.15, -0.1) is 0 Å². The van der Waals surface area contributed by atoms with Gasteiger partial charge in [0.2, 0.25) is 0 Å². The zero-order valence-electron chi connectivity index (χ0n) is 16.0. The van der Waals surface area contributed by atoms with Gasteiger partial charge in [0.15, 0.2) is 12.4 Å². The molecule has 0 radical (unpaired) electrons. The van der Waals surface area contributed by atoms with E-state index in [4.69, 9.17) is 4.74 Å². The van der Waals surface area contributed by atoms with Crippen LogP contribution < -0.4 is 5.32 Å². The Balaban J connectivity index is 1.63. The summed E-state index contributed by atoms with van der Waals surface area (Å²) >= 11 is 0. The second-order valence-corrected chi connectivity index (χ2v) is 7.25. The Morgan fingerprint density at radius 3 is 2.29 bits per heavy atom. The predicted octanol–water partition coefficient (Wildman–Crippen LogP) is 3.77. The molecule has 1 fully saturated rings. The molecule has 28 heavy (non-hydrogen) atoms. The third-order valence-electron chi connectivity index (χ3n) is 5.22. The van der Waals surface area contributed by atoms with Gasteiger partial charge in [-0.25, -0.2) is 4.79 Å². The maximum atomic E-state index is 12.7. The molecule has 5 heteroatoms. The van der Waals surface area contributed by atoms with Crippen molar-refractivity contribution >= 4 is 17.7 Å². The van der Waals surface area contributed by atoms with Crippen molar-refractivity contribution in [3.63, 3.8) is 0 Å². The second kappa shape index (κ2) is 9.31. The first-order valence-corrected chi connectivity index (χ1v) is 9.71. The summed E-state index contributed by atoms with van der Waals surface area (Å²) in [4.78, 5) is 37.4. The minimum Gasteiger partial charge on any atom is -0.452 e. The topological polar surface area (TPSA) is 72.5 Å². The maximum Gasteiger partial charge on any atom is 0.339 e. The zero-order chi connectivity index (χ0) is 19.9. The van der Waals surface area contributed by atoms with Crippen molar-refractivity contribution < 1.29 is 19.1 Å². The Bertz CT molecular complexity index is 847. The highest BCUT2D eigenvalue weighted by atomic mass is 16.5. The third-order valence-corrected chi connectivity index (χ3v) is 5.22. The highest BCUT2D eigenvalue weighted by Crippen LogP contribution is 2.23. The van der Waals surface area contributed by atoms with Crippen molar-refractivity contribution in [2.75, 3.05) is 6.61 Å². The van der Waals surface area contributed by atoms with Crippen LogP contribution in [0.25, 0.3) is 0 Å². The average molecular weight is 379 g/mol. The number of esters is 1. The van der Waals surface area contributed by atoms with Gasteiger partial charge < -0.3 is 10.1 Å². The summed E-state index contributed by atoms with van der Waals surface area (Å²) < 4.78 is 5.19. The first kappa shape index (κ1) is 19.8. The van der Waals surface area contributed by atoms with Crippen molar-refractivity contribution in [3.8, 4) is 0 Å². The second-order valence-electron chi connectivity index (χ2n) is 7.25. The summed E-state index contributed by atoms with van der Waals surface area (Å²) in [6.07, 6.45) is 4.34. The van der Waals surface area contributed by atoms with Crippen LogP contribution in [0.15, 0.2) is 54.6 Å². The Morgan fingerprint density at radius 2 is 1.57 bits per heavy atom. The lowest BCUT2D eigenvalue weighted by atomic mass is 9.86. The van der Waals surface area contributed by atoms with E-state index in [1.165, 1.54) is 6.42 Å². The van der Waals surface area contributed by atoms with Crippen LogP contribution in [-0.2, 0) is 9.53 Å². The van der Waals surface area contributed by atoms with E-state index < -0.39 is 5.97 Å². The van der Waals surface area contributed by atoms with E-state index in [0.29, 0.717) is 11.5 Å². The first-order chi connectivity index (χ1) is 13.6. The lowest BCUT2D eigenvalue weighted by Gasteiger charge is -2.29. The smallest absolute Gasteiger partial charge is 0.339 e. The van der Waals surface area contributed by atoms with Crippen LogP contribution in [0.2, 0.25) is 0 Å². The quantitative estimate of drug-likeness (QED) is 0.613. The lowest BCUT2D eigenvalue weighted by Crippen LogP contribution is -2.42. The summed E-state index contributed by atoms with van der Waals surface area (Å²) in [5, 5.41) is 2.96. The Morgan fingerprint density at radius 1 is 0.929 bits per heavy atom. The van der Waals surface area contributed by atoms with Crippen LogP contribution in [0.4, 0.5) is 0 Å². The molecule has 5 nitrogen and oxygen atoms in total. The van der Waals surface area contributed by atoms with Crippen molar-refractivity contribution in [1.82, 2.24) is 5.32 Å². The van der Waals surface area contributed by atoms with Crippen LogP contribution in [0.5, 0.6) is 0 Å². The zero-order valence-corrected chi connectivity index (χ0v) is 16.0. The summed E-state index contributed by atoms with van der Waals surface area (Å²) in [5.74, 6) is -0.808. The normalized spacial score (nSPS) is 18.9. The largest absolute Gasteiger partial charge is 0.452 e. The highest BCUT2D eigenvalue weighted by Gasteiger charge is 2.24. The van der Waals surface area contributed by atoms with Gasteiger partial charge in [0.1, 0.15) is 0 Å². The molecule has 0 heterocycles. The number of amides is 1. The van der Waals surface area contributed by atoms with Crippen molar-refractivity contribution in [2.45, 2.75) is 38.6 Å². The van der Waals surface area contributed by atoms with Crippen LogP contribution >= 0.6 is 0 Å². The van der Waals surface area contributed by atoms with Gasteiger partial charge in [0.05, 0.1) is 5.56 Å². The van der Waals surface area contributed by atoms with E-state index in [9.17, 15) is 14.4 Å². The molecule has 0 aromatic heterocycles. The standard InChI is InChI=1S/C23H25NO4/c1-16-9-5-8-14-20(16)24-21(25)15-28-23(27)19-13-7-6-12-18(19)22(26)17-10-3-2-4-11-17/h2-4,6-7,10-13,16,20H,5,8-9,14-15H2,1H3,(H,24,25). The van der Waals surface area contributed by atoms with E-state index in [1.807, 2.05) is 6.07 Å². The number of hydrogen-bond donors (Lipinski definition) is 1. The van der Waals surface area contributed by atoms with Gasteiger partial charge in [0, 0.05) is 17.2 Å². The van der Waals surface area contributed by atoms with E-state index in [2.05, 4.69) is 12.2 Å². The van der Waals surface area contributed by atoms with Gasteiger partial charge >= 0.3 is 5.97 Å². The molecule has 1 aliphatic carbocycles. The number of carbonyl (C=O) groups excluding carboxylic acids is 3. The van der Waals surface area contributed by atoms with Gasteiger partial charge in [0.25, 0.3) is 5.91 Å². The van der Waals surface area contributed by atoms with Crippen LogP contribution in [-0.4, -0.2) is 30.3 Å². The number of ketones is 1. The molecule has 1 saturated carbocycles. The molecule has 0 spiro atoms. The van der Waals surface area contributed by atoms with Crippen LogP contribution in [0.3, 0.4) is 0 Å². The SMILES string of the molecule is CC1CCCCC1NC(=O)COC(=O)c1ccccc1C(=O)c1ccccc1. The summed E-state index contributed by atoms with van der Waals surface area (Å²) in [6, 6.07) is 15.4. The molecule has 146 valence electrons. The third kappa shape index (κ3) is 4.85. The van der Waals surface area contributed by atoms with Crippen molar-refractivity contribution in [3.05, 3.63) is 71.3 Å². The van der Waals surface area contributed by atoms with Crippen LogP contribution in [0, 0.1) is 5.92 Å². The molecule has 0 aliphatic heterocycles. The molecule has 2 unspecified atom stereocenters. The van der Waals surface area contributed by atoms with E-state index in [-0.39, 0.29) is 35.5 Å². The molecule has 2 atom stereocenters. The molecule has 0 saturated heterocycles.